The predicted octanol–water partition coefficient (Wildman–Crippen LogP) is 6.04. The fourth-order valence-electron chi connectivity index (χ4n) is 8.17. The SMILES string of the molecule is CC.CC1C2CC[C@@]3(C)CCC4[C@@H](CCC5=CC(=O)CC[C@@H]54)C123.[HH]. The van der Waals surface area contributed by atoms with Gasteiger partial charge in [-0.25, -0.2) is 0 Å². The van der Waals surface area contributed by atoms with Crippen molar-refractivity contribution in [1.82, 2.24) is 0 Å². The van der Waals surface area contributed by atoms with Crippen LogP contribution in [0.25, 0.3) is 0 Å². The van der Waals surface area contributed by atoms with Gasteiger partial charge in [-0.2, -0.15) is 0 Å². The number of carbonyl (C=O) groups is 1. The Bertz CT molecular complexity index is 552. The molecule has 4 saturated carbocycles. The second-order valence-corrected chi connectivity index (χ2v) is 9.11. The maximum Gasteiger partial charge on any atom is 0.155 e. The molecule has 4 fully saturated rings. The van der Waals surface area contributed by atoms with Gasteiger partial charge in [0.05, 0.1) is 0 Å². The number of allylic oxidation sites excluding steroid dienone is 1. The van der Waals surface area contributed by atoms with Gasteiger partial charge in [-0.05, 0) is 91.4 Å². The largest absolute Gasteiger partial charge is 0.295 e. The minimum Gasteiger partial charge on any atom is -0.295 e. The molecular weight excluding hydrogens is 280 g/mol. The fraction of sp³-hybridized carbons (Fsp3) is 0.864. The lowest BCUT2D eigenvalue weighted by Gasteiger charge is -2.55. The van der Waals surface area contributed by atoms with Gasteiger partial charge in [0.1, 0.15) is 0 Å². The maximum atomic E-state index is 11.8. The summed E-state index contributed by atoms with van der Waals surface area (Å²) >= 11 is 0. The Morgan fingerprint density at radius 1 is 1.04 bits per heavy atom. The van der Waals surface area contributed by atoms with Crippen molar-refractivity contribution < 1.29 is 6.22 Å². The van der Waals surface area contributed by atoms with Gasteiger partial charge >= 0.3 is 0 Å². The second kappa shape index (κ2) is 5.20. The summed E-state index contributed by atoms with van der Waals surface area (Å²) in [6.45, 7) is 9.18. The third kappa shape index (κ3) is 1.83. The predicted molar refractivity (Wildman–Crippen MR) is 97.2 cm³/mol. The molecule has 0 aliphatic heterocycles. The Balaban J connectivity index is 0.000000545. The maximum absolute atomic E-state index is 11.8. The first kappa shape index (κ1) is 15.9. The molecule has 0 amide bonds. The smallest absolute Gasteiger partial charge is 0.155 e. The van der Waals surface area contributed by atoms with Crippen LogP contribution in [0, 0.1) is 40.4 Å². The normalized spacial score (nSPS) is 53.0. The Morgan fingerprint density at radius 3 is 2.52 bits per heavy atom. The molecule has 1 spiro atoms. The van der Waals surface area contributed by atoms with Crippen LogP contribution in [-0.2, 0) is 4.79 Å². The number of hydrogen-bond acceptors (Lipinski definition) is 1. The van der Waals surface area contributed by atoms with E-state index in [0.29, 0.717) is 16.6 Å². The van der Waals surface area contributed by atoms with Gasteiger partial charge in [-0.1, -0.05) is 33.3 Å². The monoisotopic (exact) mass is 316 g/mol. The zero-order valence-electron chi connectivity index (χ0n) is 15.5. The van der Waals surface area contributed by atoms with Gasteiger partial charge in [0.2, 0.25) is 0 Å². The highest BCUT2D eigenvalue weighted by Crippen LogP contribution is 2.84. The van der Waals surface area contributed by atoms with Crippen LogP contribution in [0.1, 0.15) is 80.5 Å². The number of ketones is 1. The highest BCUT2D eigenvalue weighted by molar-refractivity contribution is 5.91. The zero-order chi connectivity index (χ0) is 16.4. The number of carbonyl (C=O) groups excluding carboxylic acids is 1. The first-order valence-corrected chi connectivity index (χ1v) is 10.3. The Hall–Kier alpha value is -0.590. The van der Waals surface area contributed by atoms with Crippen molar-refractivity contribution in [3.05, 3.63) is 11.6 Å². The molecule has 7 atom stereocenters. The molecule has 0 bridgehead atoms. The molecule has 0 aromatic carbocycles. The summed E-state index contributed by atoms with van der Waals surface area (Å²) in [5.74, 6) is 5.10. The van der Waals surface area contributed by atoms with Crippen molar-refractivity contribution in [1.29, 1.82) is 0 Å². The van der Waals surface area contributed by atoms with Crippen LogP contribution in [0.15, 0.2) is 11.6 Å². The fourth-order valence-corrected chi connectivity index (χ4v) is 8.17. The first-order valence-electron chi connectivity index (χ1n) is 10.3. The Labute approximate surface area is 143 Å². The zero-order valence-corrected chi connectivity index (χ0v) is 15.5. The van der Waals surface area contributed by atoms with E-state index in [0.717, 1.165) is 42.4 Å². The molecule has 1 nitrogen and oxygen atoms in total. The molecule has 5 aliphatic rings. The van der Waals surface area contributed by atoms with Gasteiger partial charge in [0.15, 0.2) is 5.78 Å². The molecule has 5 rings (SSSR count). The van der Waals surface area contributed by atoms with E-state index in [-0.39, 0.29) is 1.43 Å². The minimum atomic E-state index is 0. The van der Waals surface area contributed by atoms with Crippen LogP contribution < -0.4 is 0 Å². The molecule has 0 radical (unpaired) electrons. The van der Waals surface area contributed by atoms with Crippen LogP contribution in [0.4, 0.5) is 0 Å². The molecule has 0 heterocycles. The van der Waals surface area contributed by atoms with E-state index >= 15 is 0 Å². The molecule has 4 unspecified atom stereocenters. The van der Waals surface area contributed by atoms with Crippen LogP contribution >= 0.6 is 0 Å². The summed E-state index contributed by atoms with van der Waals surface area (Å²) in [7, 11) is 0. The quantitative estimate of drug-likeness (QED) is 0.532. The summed E-state index contributed by atoms with van der Waals surface area (Å²) in [6.07, 6.45) is 12.6. The molecule has 0 saturated heterocycles. The van der Waals surface area contributed by atoms with E-state index in [2.05, 4.69) is 13.8 Å². The van der Waals surface area contributed by atoms with Crippen molar-refractivity contribution in [3.8, 4) is 0 Å². The summed E-state index contributed by atoms with van der Waals surface area (Å²) in [6, 6.07) is 0. The Kier molecular flexibility index (Phi) is 3.60. The van der Waals surface area contributed by atoms with E-state index in [1.165, 1.54) is 44.1 Å². The standard InChI is InChI=1S/C20H28O.C2H6.H2/c1-12-17-8-10-19(2)9-7-16-15-5-4-14(21)11-13(15)3-6-18(16)20(12,17)19;1-2;/h11-12,15-18H,3-10H2,1-2H3;1-2H3;1H/t12?,15-,16?,17?,18+,19+,20?;;/m0../s1. The summed E-state index contributed by atoms with van der Waals surface area (Å²) in [5, 5.41) is 0. The van der Waals surface area contributed by atoms with Gasteiger partial charge in [0.25, 0.3) is 0 Å². The average Bonchev–Trinajstić information content (AvgIpc) is 3.01. The lowest BCUT2D eigenvalue weighted by molar-refractivity contribution is -0.116. The van der Waals surface area contributed by atoms with E-state index < -0.39 is 0 Å². The van der Waals surface area contributed by atoms with Gasteiger partial charge in [-0.15, -0.1) is 0 Å². The topological polar surface area (TPSA) is 17.1 Å². The van der Waals surface area contributed by atoms with Crippen LogP contribution in [0.3, 0.4) is 0 Å². The lowest BCUT2D eigenvalue weighted by Crippen LogP contribution is -2.48. The van der Waals surface area contributed by atoms with Gasteiger partial charge in [0, 0.05) is 7.85 Å². The number of fused-ring (bicyclic) bond motifs is 3. The average molecular weight is 317 g/mol. The van der Waals surface area contributed by atoms with Gasteiger partial charge in [-0.3, -0.25) is 4.79 Å². The Morgan fingerprint density at radius 2 is 1.78 bits per heavy atom. The highest BCUT2D eigenvalue weighted by Gasteiger charge is 2.78. The summed E-state index contributed by atoms with van der Waals surface area (Å²) in [5.41, 5.74) is 2.91. The highest BCUT2D eigenvalue weighted by atomic mass is 16.1. The van der Waals surface area contributed by atoms with Crippen molar-refractivity contribution in [3.63, 3.8) is 0 Å². The van der Waals surface area contributed by atoms with Crippen molar-refractivity contribution >= 4 is 5.78 Å². The molecule has 1 heteroatoms. The van der Waals surface area contributed by atoms with E-state index in [1.807, 2.05) is 19.9 Å². The van der Waals surface area contributed by atoms with Crippen LogP contribution in [0.2, 0.25) is 0 Å². The van der Waals surface area contributed by atoms with Crippen molar-refractivity contribution in [2.24, 2.45) is 40.4 Å². The van der Waals surface area contributed by atoms with E-state index in [1.54, 1.807) is 0 Å². The van der Waals surface area contributed by atoms with Crippen molar-refractivity contribution in [2.45, 2.75) is 79.1 Å². The lowest BCUT2D eigenvalue weighted by atomic mass is 9.49. The minimum absolute atomic E-state index is 0. The summed E-state index contributed by atoms with van der Waals surface area (Å²) in [4.78, 5) is 11.8. The molecule has 0 N–H and O–H groups in total. The summed E-state index contributed by atoms with van der Waals surface area (Å²) < 4.78 is 0. The molecular formula is C22H36O. The molecule has 0 aromatic heterocycles. The van der Waals surface area contributed by atoms with Gasteiger partial charge < -0.3 is 0 Å². The number of hydrogen-bond donors (Lipinski definition) is 0. The molecule has 130 valence electrons. The molecule has 5 aliphatic carbocycles. The van der Waals surface area contributed by atoms with Crippen LogP contribution in [0.5, 0.6) is 0 Å². The first-order chi connectivity index (χ1) is 11.1. The third-order valence-electron chi connectivity index (χ3n) is 8.86. The molecule has 0 aromatic rings. The van der Waals surface area contributed by atoms with Crippen molar-refractivity contribution in [2.75, 3.05) is 0 Å². The van der Waals surface area contributed by atoms with Crippen LogP contribution in [-0.4, -0.2) is 5.78 Å². The third-order valence-corrected chi connectivity index (χ3v) is 8.86. The second-order valence-electron chi connectivity index (χ2n) is 9.11. The molecule has 23 heavy (non-hydrogen) atoms. The number of rotatable bonds is 0. The van der Waals surface area contributed by atoms with E-state index in [4.69, 9.17) is 0 Å². The van der Waals surface area contributed by atoms with E-state index in [9.17, 15) is 4.79 Å².